The molecule has 20 heavy (non-hydrogen) atoms. The van der Waals surface area contributed by atoms with Crippen molar-refractivity contribution in [3.05, 3.63) is 58.9 Å². The monoisotopic (exact) mass is 272 g/mol. The van der Waals surface area contributed by atoms with Crippen LogP contribution in [0.15, 0.2) is 36.4 Å². The van der Waals surface area contributed by atoms with Crippen LogP contribution in [0.4, 0.5) is 15.8 Å². The molecule has 3 nitrogen and oxygen atoms in total. The summed E-state index contributed by atoms with van der Waals surface area (Å²) in [6, 6.07) is 9.59. The Bertz CT molecular complexity index is 636. The molecule has 104 valence electrons. The van der Waals surface area contributed by atoms with Gasteiger partial charge in [-0.05, 0) is 48.7 Å². The number of amides is 1. The van der Waals surface area contributed by atoms with Crippen molar-refractivity contribution in [2.75, 3.05) is 11.1 Å². The maximum absolute atomic E-state index is 12.8. The molecule has 0 fully saturated rings. The number of anilines is 2. The molecule has 2 rings (SSSR count). The van der Waals surface area contributed by atoms with Crippen molar-refractivity contribution in [3.63, 3.8) is 0 Å². The largest absolute Gasteiger partial charge is 0.398 e. The van der Waals surface area contributed by atoms with Gasteiger partial charge < -0.3 is 11.1 Å². The molecule has 0 bridgehead atoms. The molecule has 0 aliphatic heterocycles. The fourth-order valence-corrected chi connectivity index (χ4v) is 2.03. The molecule has 0 aromatic heterocycles. The summed E-state index contributed by atoms with van der Waals surface area (Å²) in [6.07, 6.45) is 0.202. The van der Waals surface area contributed by atoms with E-state index < -0.39 is 0 Å². The molecular weight excluding hydrogens is 255 g/mol. The second-order valence-electron chi connectivity index (χ2n) is 4.82. The zero-order chi connectivity index (χ0) is 14.7. The van der Waals surface area contributed by atoms with Gasteiger partial charge in [-0.15, -0.1) is 0 Å². The van der Waals surface area contributed by atoms with E-state index in [9.17, 15) is 9.18 Å². The van der Waals surface area contributed by atoms with Crippen LogP contribution in [-0.2, 0) is 11.2 Å². The molecule has 0 saturated carbocycles. The average molecular weight is 272 g/mol. The average Bonchev–Trinajstić information content (AvgIpc) is 2.42. The van der Waals surface area contributed by atoms with Gasteiger partial charge in [-0.3, -0.25) is 4.79 Å². The molecule has 2 aromatic rings. The summed E-state index contributed by atoms with van der Waals surface area (Å²) in [5.74, 6) is -0.454. The van der Waals surface area contributed by atoms with Crippen molar-refractivity contribution in [2.45, 2.75) is 20.3 Å². The number of nitrogen functional groups attached to an aromatic ring is 1. The maximum Gasteiger partial charge on any atom is 0.228 e. The van der Waals surface area contributed by atoms with Gasteiger partial charge in [0, 0.05) is 11.4 Å². The molecule has 0 aliphatic rings. The Morgan fingerprint density at radius 2 is 1.80 bits per heavy atom. The van der Waals surface area contributed by atoms with Crippen molar-refractivity contribution < 1.29 is 9.18 Å². The van der Waals surface area contributed by atoms with Crippen LogP contribution in [0.25, 0.3) is 0 Å². The third-order valence-electron chi connectivity index (χ3n) is 3.26. The van der Waals surface area contributed by atoms with Crippen molar-refractivity contribution in [3.8, 4) is 0 Å². The molecule has 4 heteroatoms. The van der Waals surface area contributed by atoms with Gasteiger partial charge in [-0.2, -0.15) is 0 Å². The van der Waals surface area contributed by atoms with Crippen molar-refractivity contribution in [1.29, 1.82) is 0 Å². The normalized spacial score (nSPS) is 10.3. The van der Waals surface area contributed by atoms with Crippen molar-refractivity contribution >= 4 is 17.3 Å². The Balaban J connectivity index is 2.12. The Labute approximate surface area is 117 Å². The van der Waals surface area contributed by atoms with Crippen LogP contribution in [0.5, 0.6) is 0 Å². The van der Waals surface area contributed by atoms with E-state index in [0.717, 1.165) is 22.4 Å². The van der Waals surface area contributed by atoms with Crippen LogP contribution in [-0.4, -0.2) is 5.91 Å². The van der Waals surface area contributed by atoms with Gasteiger partial charge in [0.25, 0.3) is 0 Å². The van der Waals surface area contributed by atoms with Crippen molar-refractivity contribution in [1.82, 2.24) is 0 Å². The number of nitrogens with one attached hydrogen (secondary N) is 1. The summed E-state index contributed by atoms with van der Waals surface area (Å²) >= 11 is 0. The first-order valence-electron chi connectivity index (χ1n) is 6.37. The van der Waals surface area contributed by atoms with Crippen LogP contribution in [0.1, 0.15) is 16.7 Å². The molecular formula is C16H17FN2O. The zero-order valence-corrected chi connectivity index (χ0v) is 11.5. The number of carbonyl (C=O) groups is 1. The van der Waals surface area contributed by atoms with Gasteiger partial charge in [-0.1, -0.05) is 18.2 Å². The standard InChI is InChI=1S/C16H17FN2O/c1-10-3-8-14(18)11(2)16(10)19-15(20)9-12-4-6-13(17)7-5-12/h3-8H,9,18H2,1-2H3,(H,19,20). The van der Waals surface area contributed by atoms with E-state index in [0.29, 0.717) is 5.69 Å². The Hall–Kier alpha value is -2.36. The third kappa shape index (κ3) is 3.15. The minimum absolute atomic E-state index is 0.145. The highest BCUT2D eigenvalue weighted by atomic mass is 19.1. The van der Waals surface area contributed by atoms with Crippen LogP contribution in [0, 0.1) is 19.7 Å². The number of benzene rings is 2. The van der Waals surface area contributed by atoms with Gasteiger partial charge in [0.05, 0.1) is 6.42 Å². The minimum atomic E-state index is -0.309. The molecule has 0 saturated heterocycles. The predicted octanol–water partition coefficient (Wildman–Crippen LogP) is 3.21. The number of nitrogens with two attached hydrogens (primary N) is 1. The van der Waals surface area contributed by atoms with Gasteiger partial charge >= 0.3 is 0 Å². The number of carbonyl (C=O) groups excluding carboxylic acids is 1. The molecule has 3 N–H and O–H groups in total. The topological polar surface area (TPSA) is 55.1 Å². The molecule has 0 radical (unpaired) electrons. The Morgan fingerprint density at radius 3 is 2.45 bits per heavy atom. The second-order valence-corrected chi connectivity index (χ2v) is 4.82. The van der Waals surface area contributed by atoms with E-state index in [1.54, 1.807) is 12.1 Å². The van der Waals surface area contributed by atoms with E-state index in [2.05, 4.69) is 5.32 Å². The highest BCUT2D eigenvalue weighted by molar-refractivity contribution is 5.94. The highest BCUT2D eigenvalue weighted by Crippen LogP contribution is 2.25. The summed E-state index contributed by atoms with van der Waals surface area (Å²) in [7, 11) is 0. The molecule has 2 aromatic carbocycles. The number of hydrogen-bond acceptors (Lipinski definition) is 2. The van der Waals surface area contributed by atoms with Crippen LogP contribution < -0.4 is 11.1 Å². The van der Waals surface area contributed by atoms with E-state index in [1.165, 1.54) is 12.1 Å². The molecule has 0 aliphatic carbocycles. The number of aryl methyl sites for hydroxylation is 1. The van der Waals surface area contributed by atoms with Gasteiger partial charge in [0.15, 0.2) is 0 Å². The van der Waals surface area contributed by atoms with Crippen LogP contribution >= 0.6 is 0 Å². The molecule has 1 amide bonds. The second kappa shape index (κ2) is 5.74. The summed E-state index contributed by atoms with van der Waals surface area (Å²) in [4.78, 5) is 12.0. The fraction of sp³-hybridized carbons (Fsp3) is 0.188. The summed E-state index contributed by atoms with van der Waals surface area (Å²) < 4.78 is 12.8. The summed E-state index contributed by atoms with van der Waals surface area (Å²) in [6.45, 7) is 3.79. The molecule has 0 atom stereocenters. The zero-order valence-electron chi connectivity index (χ0n) is 11.5. The van der Waals surface area contributed by atoms with Crippen molar-refractivity contribution in [2.24, 2.45) is 0 Å². The number of rotatable bonds is 3. The Morgan fingerprint density at radius 1 is 1.15 bits per heavy atom. The van der Waals surface area contributed by atoms with Gasteiger partial charge in [0.1, 0.15) is 5.82 Å². The van der Waals surface area contributed by atoms with E-state index in [4.69, 9.17) is 5.73 Å². The summed E-state index contributed by atoms with van der Waals surface area (Å²) in [5.41, 5.74) is 9.82. The van der Waals surface area contributed by atoms with Gasteiger partial charge in [-0.25, -0.2) is 4.39 Å². The lowest BCUT2D eigenvalue weighted by Gasteiger charge is -2.13. The molecule has 0 unspecified atom stereocenters. The number of halogens is 1. The lowest BCUT2D eigenvalue weighted by atomic mass is 10.1. The summed E-state index contributed by atoms with van der Waals surface area (Å²) in [5, 5.41) is 2.87. The third-order valence-corrected chi connectivity index (χ3v) is 3.26. The van der Waals surface area contributed by atoms with E-state index in [1.807, 2.05) is 26.0 Å². The smallest absolute Gasteiger partial charge is 0.228 e. The first-order chi connectivity index (χ1) is 9.47. The lowest BCUT2D eigenvalue weighted by molar-refractivity contribution is -0.115. The lowest BCUT2D eigenvalue weighted by Crippen LogP contribution is -2.16. The van der Waals surface area contributed by atoms with E-state index >= 15 is 0 Å². The maximum atomic E-state index is 12.8. The molecule has 0 heterocycles. The minimum Gasteiger partial charge on any atom is -0.398 e. The SMILES string of the molecule is Cc1ccc(N)c(C)c1NC(=O)Cc1ccc(F)cc1. The number of hydrogen-bond donors (Lipinski definition) is 2. The van der Waals surface area contributed by atoms with Crippen LogP contribution in [0.3, 0.4) is 0 Å². The molecule has 0 spiro atoms. The first-order valence-corrected chi connectivity index (χ1v) is 6.37. The highest BCUT2D eigenvalue weighted by Gasteiger charge is 2.10. The Kier molecular flexibility index (Phi) is 4.03. The fourth-order valence-electron chi connectivity index (χ4n) is 2.03. The van der Waals surface area contributed by atoms with E-state index in [-0.39, 0.29) is 18.1 Å². The first kappa shape index (κ1) is 14.1. The van der Waals surface area contributed by atoms with Crippen LogP contribution in [0.2, 0.25) is 0 Å². The quantitative estimate of drug-likeness (QED) is 0.843. The van der Waals surface area contributed by atoms with Gasteiger partial charge in [0.2, 0.25) is 5.91 Å². The predicted molar refractivity (Wildman–Crippen MR) is 79.1 cm³/mol.